The molecule has 0 aliphatic rings. The average Bonchev–Trinajstić information content (AvgIpc) is 2.89. The Bertz CT molecular complexity index is 790. The molecule has 0 aliphatic heterocycles. The van der Waals surface area contributed by atoms with Crippen LogP contribution in [0.4, 0.5) is 0 Å². The third-order valence-corrected chi connectivity index (χ3v) is 5.15. The summed E-state index contributed by atoms with van der Waals surface area (Å²) in [5, 5.41) is 25.8. The molecule has 0 rings (SSSR count). The molecule has 0 radical (unpaired) electrons. The maximum absolute atomic E-state index is 5.47. The Kier molecular flexibility index (Phi) is 21.1. The van der Waals surface area contributed by atoms with Crippen molar-refractivity contribution in [3.8, 4) is 0 Å². The molecule has 0 heterocycles. The number of nitrogens with zero attached hydrogens (tertiary/aromatic N) is 7. The number of hydrazone groups is 7. The van der Waals surface area contributed by atoms with E-state index in [4.69, 9.17) is 40.9 Å². The lowest BCUT2D eigenvalue weighted by molar-refractivity contribution is 0.891. The van der Waals surface area contributed by atoms with Crippen molar-refractivity contribution < 1.29 is 0 Å². The van der Waals surface area contributed by atoms with Gasteiger partial charge in [-0.1, -0.05) is 6.92 Å². The van der Waals surface area contributed by atoms with Crippen molar-refractivity contribution in [2.24, 2.45) is 76.6 Å². The van der Waals surface area contributed by atoms with E-state index in [2.05, 4.69) is 35.7 Å². The Balaban J connectivity index is 0. The molecule has 0 bridgehead atoms. The van der Waals surface area contributed by atoms with Crippen LogP contribution in [-0.4, -0.2) is 40.0 Å². The van der Waals surface area contributed by atoms with Crippen LogP contribution in [0.1, 0.15) is 91.9 Å². The van der Waals surface area contributed by atoms with Gasteiger partial charge in [-0.3, -0.25) is 0 Å². The summed E-state index contributed by atoms with van der Waals surface area (Å²) >= 11 is 0. The SMILES string of the molecule is C/C(CC/C(C/C(CCC/C(C/C(C)=N\N)=N\N)=N\N)=N\N)=N/N.CC/C(CC/C(C)=N\N)=N\N. The first-order chi connectivity index (χ1) is 16.7. The second kappa shape index (κ2) is 22.1. The van der Waals surface area contributed by atoms with Crippen LogP contribution in [0, 0.1) is 0 Å². The van der Waals surface area contributed by atoms with Gasteiger partial charge >= 0.3 is 0 Å². The molecule has 0 aliphatic carbocycles. The normalized spacial score (nSPS) is 14.6. The van der Waals surface area contributed by atoms with Gasteiger partial charge in [-0.05, 0) is 72.1 Å². The van der Waals surface area contributed by atoms with Crippen LogP contribution in [0.25, 0.3) is 0 Å². The zero-order chi connectivity index (χ0) is 27.1. The van der Waals surface area contributed by atoms with Crippen LogP contribution in [0.2, 0.25) is 0 Å². The molecule has 0 aromatic heterocycles. The Hall–Kier alpha value is -3.71. The fourth-order valence-corrected chi connectivity index (χ4v) is 2.78. The van der Waals surface area contributed by atoms with Crippen LogP contribution in [-0.2, 0) is 0 Å². The predicted molar refractivity (Wildman–Crippen MR) is 150 cm³/mol. The van der Waals surface area contributed by atoms with Gasteiger partial charge in [0, 0.05) is 52.8 Å². The fourth-order valence-electron chi connectivity index (χ4n) is 2.78. The van der Waals surface area contributed by atoms with Crippen molar-refractivity contribution in [1.29, 1.82) is 0 Å². The summed E-state index contributed by atoms with van der Waals surface area (Å²) in [4.78, 5) is 0. The highest BCUT2D eigenvalue weighted by atomic mass is 15.2. The van der Waals surface area contributed by atoms with Crippen molar-refractivity contribution in [1.82, 2.24) is 0 Å². The van der Waals surface area contributed by atoms with E-state index >= 15 is 0 Å². The molecule has 200 valence electrons. The molecule has 14 heteroatoms. The first-order valence-corrected chi connectivity index (χ1v) is 11.5. The summed E-state index contributed by atoms with van der Waals surface area (Å²) < 4.78 is 0. The summed E-state index contributed by atoms with van der Waals surface area (Å²) in [5.74, 6) is 36.9. The summed E-state index contributed by atoms with van der Waals surface area (Å²) in [5.41, 5.74) is 6.01. The molecule has 0 saturated carbocycles. The molecule has 0 aromatic carbocycles. The minimum Gasteiger partial charge on any atom is -0.323 e. The lowest BCUT2D eigenvalue weighted by atomic mass is 10.0. The minimum atomic E-state index is 0.531. The average molecular weight is 495 g/mol. The molecule has 0 spiro atoms. The third kappa shape index (κ3) is 18.4. The van der Waals surface area contributed by atoms with Gasteiger partial charge in [-0.2, -0.15) is 35.7 Å². The Morgan fingerprint density at radius 3 is 1.17 bits per heavy atom. The van der Waals surface area contributed by atoms with E-state index in [9.17, 15) is 0 Å². The highest BCUT2D eigenvalue weighted by Crippen LogP contribution is 2.08. The zero-order valence-electron chi connectivity index (χ0n) is 21.7. The molecule has 0 unspecified atom stereocenters. The molecular weight excluding hydrogens is 448 g/mol. The Labute approximate surface area is 208 Å². The minimum absolute atomic E-state index is 0.531. The molecule has 0 fully saturated rings. The second-order valence-corrected chi connectivity index (χ2v) is 7.94. The lowest BCUT2D eigenvalue weighted by Crippen LogP contribution is -2.14. The van der Waals surface area contributed by atoms with Gasteiger partial charge in [0.1, 0.15) is 0 Å². The van der Waals surface area contributed by atoms with Gasteiger partial charge < -0.3 is 40.9 Å². The quantitative estimate of drug-likeness (QED) is 0.0989. The topological polar surface area (TPSA) is 269 Å². The van der Waals surface area contributed by atoms with Gasteiger partial charge in [0.05, 0.1) is 0 Å². The molecule has 0 atom stereocenters. The van der Waals surface area contributed by atoms with E-state index in [1.807, 2.05) is 27.7 Å². The molecule has 0 aromatic rings. The largest absolute Gasteiger partial charge is 0.323 e. The van der Waals surface area contributed by atoms with Gasteiger partial charge in [-0.25, -0.2) is 0 Å². The maximum atomic E-state index is 5.47. The van der Waals surface area contributed by atoms with Gasteiger partial charge in [0.15, 0.2) is 0 Å². The monoisotopic (exact) mass is 494 g/mol. The van der Waals surface area contributed by atoms with Gasteiger partial charge in [-0.15, -0.1) is 0 Å². The first kappa shape index (κ1) is 33.5. The molecular formula is C21H46N14. The summed E-state index contributed by atoms with van der Waals surface area (Å²) in [6.45, 7) is 7.60. The second-order valence-electron chi connectivity index (χ2n) is 7.94. The van der Waals surface area contributed by atoms with Crippen molar-refractivity contribution in [3.63, 3.8) is 0 Å². The number of rotatable bonds is 15. The Morgan fingerprint density at radius 2 is 0.800 bits per heavy atom. The van der Waals surface area contributed by atoms with E-state index < -0.39 is 0 Å². The van der Waals surface area contributed by atoms with Gasteiger partial charge in [0.2, 0.25) is 0 Å². The predicted octanol–water partition coefficient (Wildman–Crippen LogP) is 1.16. The van der Waals surface area contributed by atoms with Crippen LogP contribution >= 0.6 is 0 Å². The van der Waals surface area contributed by atoms with Crippen LogP contribution in [0.3, 0.4) is 0 Å². The number of hydrogen-bond donors (Lipinski definition) is 7. The molecule has 0 amide bonds. The van der Waals surface area contributed by atoms with E-state index in [-0.39, 0.29) is 0 Å². The first-order valence-electron chi connectivity index (χ1n) is 11.5. The van der Waals surface area contributed by atoms with Crippen molar-refractivity contribution >= 4 is 40.0 Å². The van der Waals surface area contributed by atoms with Crippen LogP contribution in [0.15, 0.2) is 35.7 Å². The smallest absolute Gasteiger partial charge is 0.0436 e. The highest BCUT2D eigenvalue weighted by Gasteiger charge is 2.09. The molecule has 35 heavy (non-hydrogen) atoms. The Morgan fingerprint density at radius 1 is 0.429 bits per heavy atom. The van der Waals surface area contributed by atoms with Gasteiger partial charge in [0.25, 0.3) is 0 Å². The number of hydrogen-bond acceptors (Lipinski definition) is 14. The summed E-state index contributed by atoms with van der Waals surface area (Å²) in [6, 6.07) is 0. The third-order valence-electron chi connectivity index (χ3n) is 5.15. The molecule has 14 nitrogen and oxygen atoms in total. The van der Waals surface area contributed by atoms with E-state index in [1.54, 1.807) is 0 Å². The highest BCUT2D eigenvalue weighted by molar-refractivity contribution is 6.06. The summed E-state index contributed by atoms with van der Waals surface area (Å²) in [6.07, 6.45) is 7.31. The van der Waals surface area contributed by atoms with E-state index in [0.717, 1.165) is 72.1 Å². The summed E-state index contributed by atoms with van der Waals surface area (Å²) in [7, 11) is 0. The van der Waals surface area contributed by atoms with E-state index in [1.165, 1.54) is 0 Å². The lowest BCUT2D eigenvalue weighted by Gasteiger charge is -2.09. The van der Waals surface area contributed by atoms with Crippen molar-refractivity contribution in [3.05, 3.63) is 0 Å². The van der Waals surface area contributed by atoms with Crippen molar-refractivity contribution in [2.45, 2.75) is 91.9 Å². The van der Waals surface area contributed by atoms with Crippen LogP contribution in [0.5, 0.6) is 0 Å². The fraction of sp³-hybridized carbons (Fsp3) is 0.667. The standard InChI is InChI=1S/C14H30N10.C7H16N4/c1-10(20-15)6-7-14(24-19)9-13(23-18)5-3-4-12(22-17)8-11(2)21-16;1-3-7(11-9)5-4-6(2)10-8/h3-9,15-19H2,1-2H3;3-5,8-9H2,1-2H3/b20-10-,21-11-,22-12+,23-13-,24-14+;10-6-,11-7+. The molecule has 14 N–H and O–H groups in total. The maximum Gasteiger partial charge on any atom is 0.0436 e. The van der Waals surface area contributed by atoms with Crippen molar-refractivity contribution in [2.75, 3.05) is 0 Å². The molecule has 0 saturated heterocycles. The number of nitrogens with two attached hydrogens (primary N) is 7. The zero-order valence-corrected chi connectivity index (χ0v) is 21.7. The van der Waals surface area contributed by atoms with Crippen LogP contribution < -0.4 is 40.9 Å². The van der Waals surface area contributed by atoms with E-state index in [0.29, 0.717) is 32.1 Å².